The molecule has 1 heterocycles. The Balaban J connectivity index is 0.000000314. The van der Waals surface area contributed by atoms with E-state index in [1.165, 1.54) is 0 Å². The fraction of sp³-hybridized carbons (Fsp3) is 0.189. The number of urea groups is 1. The molecule has 3 amide bonds. The molecule has 5 rings (SSSR count). The molecule has 0 aromatic heterocycles. The lowest BCUT2D eigenvalue weighted by molar-refractivity contribution is -0.117. The highest BCUT2D eigenvalue weighted by molar-refractivity contribution is 6.31. The summed E-state index contributed by atoms with van der Waals surface area (Å²) in [5.74, 6) is 0.181. The number of carbonyl (C=O) groups excluding carboxylic acids is 2. The maximum Gasteiger partial charge on any atom is 0.321 e. The number of phenolic OH excluding ortho intramolecular Hbond substituents is 1. The van der Waals surface area contributed by atoms with E-state index >= 15 is 0 Å². The van der Waals surface area contributed by atoms with E-state index in [-0.39, 0.29) is 36.3 Å². The summed E-state index contributed by atoms with van der Waals surface area (Å²) >= 11 is 11.7. The van der Waals surface area contributed by atoms with Crippen LogP contribution in [0, 0.1) is 21.6 Å². The summed E-state index contributed by atoms with van der Waals surface area (Å²) in [6, 6.07) is 30.7. The van der Waals surface area contributed by atoms with Crippen molar-refractivity contribution in [3.8, 4) is 16.9 Å². The van der Waals surface area contributed by atoms with Crippen molar-refractivity contribution < 1.29 is 14.7 Å². The number of halogens is 2. The number of unbranched alkanes of at least 4 members (excludes halogenated alkanes) is 3. The summed E-state index contributed by atoms with van der Waals surface area (Å²) in [7, 11) is 0. The number of phenols is 1. The lowest BCUT2D eigenvalue weighted by Crippen LogP contribution is -2.43. The Hall–Kier alpha value is -6.32. The van der Waals surface area contributed by atoms with Gasteiger partial charge in [-0.15, -0.1) is 0 Å². The molecule has 1 aliphatic rings. The monoisotopic (exact) mass is 774 g/mol. The Kier molecular flexibility index (Phi) is 18.2. The number of guanidine groups is 4. The van der Waals surface area contributed by atoms with Crippen LogP contribution in [0.2, 0.25) is 10.0 Å². The Morgan fingerprint density at radius 1 is 0.611 bits per heavy atom. The zero-order chi connectivity index (χ0) is 39.1. The minimum absolute atomic E-state index is 0.00148. The molecular weight excluding hydrogens is 731 g/mol. The predicted octanol–water partition coefficient (Wildman–Crippen LogP) is 6.06. The Labute approximate surface area is 323 Å². The largest absolute Gasteiger partial charge is 0.507 e. The van der Waals surface area contributed by atoms with Gasteiger partial charge < -0.3 is 31.7 Å². The number of rotatable bonds is 10. The fourth-order valence-corrected chi connectivity index (χ4v) is 4.75. The van der Waals surface area contributed by atoms with Crippen LogP contribution in [-0.2, 0) is 4.79 Å². The van der Waals surface area contributed by atoms with Crippen molar-refractivity contribution in [2.24, 2.45) is 0 Å². The lowest BCUT2D eigenvalue weighted by atomic mass is 10.1. The Morgan fingerprint density at radius 2 is 1.07 bits per heavy atom. The smallest absolute Gasteiger partial charge is 0.321 e. The summed E-state index contributed by atoms with van der Waals surface area (Å²) in [6.45, 7) is 1.37. The highest BCUT2D eigenvalue weighted by atomic mass is 35.5. The van der Waals surface area contributed by atoms with Gasteiger partial charge >= 0.3 is 6.03 Å². The van der Waals surface area contributed by atoms with Gasteiger partial charge in [0.25, 0.3) is 0 Å². The minimum Gasteiger partial charge on any atom is -0.507 e. The minimum atomic E-state index is -0.398. The van der Waals surface area contributed by atoms with Gasteiger partial charge in [-0.3, -0.25) is 42.4 Å². The molecule has 0 radical (unpaired) electrons. The van der Waals surface area contributed by atoms with Crippen LogP contribution < -0.4 is 42.5 Å². The highest BCUT2D eigenvalue weighted by Crippen LogP contribution is 2.27. The molecule has 0 bridgehead atoms. The molecule has 0 spiro atoms. The second-order valence-corrected chi connectivity index (χ2v) is 12.3. The lowest BCUT2D eigenvalue weighted by Gasteiger charge is -2.13. The molecule has 1 saturated heterocycles. The van der Waals surface area contributed by atoms with E-state index in [0.717, 1.165) is 36.8 Å². The van der Waals surface area contributed by atoms with E-state index in [2.05, 4.69) is 37.2 Å². The first kappa shape index (κ1) is 42.1. The number of hydrogen-bond acceptors (Lipinski definition) is 7. The quantitative estimate of drug-likeness (QED) is 0.0387. The van der Waals surface area contributed by atoms with Crippen LogP contribution >= 0.6 is 23.2 Å². The number of amides is 3. The summed E-state index contributed by atoms with van der Waals surface area (Å²) in [4.78, 5) is 20.1. The Morgan fingerprint density at radius 3 is 1.48 bits per heavy atom. The fourth-order valence-electron chi connectivity index (χ4n) is 4.50. The van der Waals surface area contributed by atoms with Crippen molar-refractivity contribution in [1.82, 2.24) is 31.9 Å². The van der Waals surface area contributed by atoms with Crippen LogP contribution in [0.4, 0.5) is 16.2 Å². The normalized spacial score (nSPS) is 11.1. The van der Waals surface area contributed by atoms with Crippen LogP contribution in [-0.4, -0.2) is 60.5 Å². The molecule has 54 heavy (non-hydrogen) atoms. The van der Waals surface area contributed by atoms with Crippen molar-refractivity contribution in [2.45, 2.75) is 25.7 Å². The number of imide groups is 1. The van der Waals surface area contributed by atoms with Gasteiger partial charge in [0.2, 0.25) is 5.91 Å². The number of para-hydroxylation sites is 1. The molecular formula is C37H44Cl2N12O3. The zero-order valence-electron chi connectivity index (χ0n) is 29.3. The van der Waals surface area contributed by atoms with Crippen molar-refractivity contribution in [3.05, 3.63) is 113 Å². The number of hydrogen-bond donors (Lipinski definition) is 13. The van der Waals surface area contributed by atoms with E-state index in [1.54, 1.807) is 54.6 Å². The number of aromatic hydroxyl groups is 1. The number of anilines is 2. The van der Waals surface area contributed by atoms with E-state index in [0.29, 0.717) is 40.3 Å². The van der Waals surface area contributed by atoms with Crippen LogP contribution in [0.3, 0.4) is 0 Å². The van der Waals surface area contributed by atoms with Crippen molar-refractivity contribution in [3.63, 3.8) is 0 Å². The first-order chi connectivity index (χ1) is 26.0. The molecule has 0 saturated carbocycles. The van der Waals surface area contributed by atoms with Gasteiger partial charge in [-0.05, 0) is 73.0 Å². The van der Waals surface area contributed by atoms with Crippen molar-refractivity contribution in [1.29, 1.82) is 21.6 Å². The third-order valence-electron chi connectivity index (χ3n) is 7.09. The third-order valence-corrected chi connectivity index (χ3v) is 7.59. The van der Waals surface area contributed by atoms with Crippen LogP contribution in [0.1, 0.15) is 25.7 Å². The predicted molar refractivity (Wildman–Crippen MR) is 217 cm³/mol. The number of benzene rings is 4. The van der Waals surface area contributed by atoms with Gasteiger partial charge in [0.1, 0.15) is 5.75 Å². The molecule has 1 aliphatic heterocycles. The standard InChI is InChI=1S/C22H30Cl2N10.C12H10O.C3H4N2O2/c23-15-5-9-17(10-6-15)31-21(27)33-19(25)29-13-3-1-2-4-14-30-20(26)34-22(28)32-18-11-7-16(24)8-12-18;13-12-9-5-4-8-11(12)10-6-2-1-3-7-10;6-2-1-4-3(7)5-2/h5-12H,1-4,13-14H2,(H5,25,27,29,31,33)(H5,26,28,30,32,34);1-9,13H;1H2,(H2,4,5,6,7). The molecule has 0 aliphatic carbocycles. The van der Waals surface area contributed by atoms with E-state index in [9.17, 15) is 14.7 Å². The van der Waals surface area contributed by atoms with E-state index in [1.807, 2.05) is 53.8 Å². The number of nitrogens with one attached hydrogen (secondary N) is 12. The SMILES string of the molecule is N=C(NCCCCCCNC(=N)NC(=N)Nc1ccc(Cl)cc1)NC(=N)Nc1ccc(Cl)cc1.O=C1CNC(=O)N1.Oc1ccccc1-c1ccccc1. The summed E-state index contributed by atoms with van der Waals surface area (Å²) < 4.78 is 0. The Bertz CT molecular complexity index is 1750. The zero-order valence-corrected chi connectivity index (χ0v) is 30.8. The van der Waals surface area contributed by atoms with Gasteiger partial charge in [-0.2, -0.15) is 0 Å². The van der Waals surface area contributed by atoms with Crippen LogP contribution in [0.25, 0.3) is 11.1 Å². The first-order valence-electron chi connectivity index (χ1n) is 16.8. The van der Waals surface area contributed by atoms with Gasteiger partial charge in [0.05, 0.1) is 6.54 Å². The molecule has 4 aromatic carbocycles. The average molecular weight is 776 g/mol. The molecule has 284 valence electrons. The second kappa shape index (κ2) is 23.3. The maximum absolute atomic E-state index is 10.1. The van der Waals surface area contributed by atoms with E-state index in [4.69, 9.17) is 44.8 Å². The molecule has 0 atom stereocenters. The van der Waals surface area contributed by atoms with Crippen LogP contribution in [0.5, 0.6) is 5.75 Å². The second-order valence-electron chi connectivity index (χ2n) is 11.4. The summed E-state index contributed by atoms with van der Waals surface area (Å²) in [5, 5.41) is 63.4. The molecule has 4 aromatic rings. The number of carbonyl (C=O) groups is 2. The molecule has 1 fully saturated rings. The summed E-state index contributed by atoms with van der Waals surface area (Å²) in [5.41, 5.74) is 3.34. The van der Waals surface area contributed by atoms with Crippen molar-refractivity contribution >= 4 is 70.4 Å². The molecule has 13 N–H and O–H groups in total. The molecule has 0 unspecified atom stereocenters. The average Bonchev–Trinajstić information content (AvgIpc) is 3.54. The van der Waals surface area contributed by atoms with Crippen LogP contribution in [0.15, 0.2) is 103 Å². The van der Waals surface area contributed by atoms with Crippen molar-refractivity contribution in [2.75, 3.05) is 30.3 Å². The van der Waals surface area contributed by atoms with Gasteiger partial charge in [-0.1, -0.05) is 84.6 Å². The van der Waals surface area contributed by atoms with Gasteiger partial charge in [0.15, 0.2) is 23.8 Å². The van der Waals surface area contributed by atoms with E-state index < -0.39 is 6.03 Å². The molecule has 17 heteroatoms. The highest BCUT2D eigenvalue weighted by Gasteiger charge is 2.14. The maximum atomic E-state index is 10.1. The summed E-state index contributed by atoms with van der Waals surface area (Å²) in [6.07, 6.45) is 3.70. The van der Waals surface area contributed by atoms with Gasteiger partial charge in [-0.25, -0.2) is 4.79 Å². The van der Waals surface area contributed by atoms with Gasteiger partial charge in [0, 0.05) is 40.1 Å². The molecule has 15 nitrogen and oxygen atoms in total. The topological polar surface area (TPSA) is 246 Å². The first-order valence-corrected chi connectivity index (χ1v) is 17.6. The third kappa shape index (κ3) is 17.3.